The summed E-state index contributed by atoms with van der Waals surface area (Å²) in [4.78, 5) is 18.0. The number of ether oxygens (including phenoxy) is 1. The molecule has 0 bridgehead atoms. The Balaban J connectivity index is 2.97. The largest absolute Gasteiger partial charge is 0.494 e. The number of nitrogens with two attached hydrogens (primary N) is 1. The van der Waals surface area contributed by atoms with E-state index in [-0.39, 0.29) is 0 Å². The van der Waals surface area contributed by atoms with E-state index in [9.17, 15) is 4.79 Å². The second-order valence-electron chi connectivity index (χ2n) is 4.58. The van der Waals surface area contributed by atoms with E-state index < -0.39 is 5.91 Å². The lowest BCUT2D eigenvalue weighted by atomic mass is 10.0. The molecule has 0 atom stereocenters. The van der Waals surface area contributed by atoms with Gasteiger partial charge in [-0.25, -0.2) is 4.98 Å². The number of hydrogen-bond donors (Lipinski definition) is 1. The van der Waals surface area contributed by atoms with Gasteiger partial charge in [0.2, 0.25) is 5.91 Å². The Morgan fingerprint density at radius 3 is 2.58 bits per heavy atom. The number of nitrogens with zero attached hydrogens (tertiary/aromatic N) is 2. The predicted octanol–water partition coefficient (Wildman–Crippen LogP) is 1.72. The second-order valence-corrected chi connectivity index (χ2v) is 4.58. The lowest BCUT2D eigenvalue weighted by Gasteiger charge is -2.18. The lowest BCUT2D eigenvalue weighted by molar-refractivity contribution is 0.100. The first kappa shape index (κ1) is 13.1. The number of fused-ring (bicyclic) bond motifs is 1. The molecular formula is C14H17N3O2. The van der Waals surface area contributed by atoms with Gasteiger partial charge in [-0.2, -0.15) is 0 Å². The van der Waals surface area contributed by atoms with Crippen molar-refractivity contribution in [2.75, 3.05) is 26.1 Å². The fraction of sp³-hybridized carbons (Fsp3) is 0.286. The summed E-state index contributed by atoms with van der Waals surface area (Å²) in [5.41, 5.74) is 8.31. The maximum absolute atomic E-state index is 11.6. The monoisotopic (exact) mass is 259 g/mol. The van der Waals surface area contributed by atoms with Crippen molar-refractivity contribution in [2.45, 2.75) is 6.92 Å². The molecule has 0 spiro atoms. The first-order valence-electron chi connectivity index (χ1n) is 5.91. The highest BCUT2D eigenvalue weighted by Crippen LogP contribution is 2.34. The average Bonchev–Trinajstić information content (AvgIpc) is 2.35. The van der Waals surface area contributed by atoms with E-state index in [0.29, 0.717) is 16.8 Å². The molecule has 2 N–H and O–H groups in total. The number of hydrogen-bond acceptors (Lipinski definition) is 4. The Morgan fingerprint density at radius 1 is 1.37 bits per heavy atom. The second kappa shape index (κ2) is 4.76. The average molecular weight is 259 g/mol. The SMILES string of the molecule is COc1ccc(C(N)=O)c2c(N(C)C)cc(C)nc12. The van der Waals surface area contributed by atoms with Crippen LogP contribution in [-0.2, 0) is 0 Å². The van der Waals surface area contributed by atoms with Gasteiger partial charge in [0.15, 0.2) is 0 Å². The molecule has 5 heteroatoms. The molecule has 19 heavy (non-hydrogen) atoms. The van der Waals surface area contributed by atoms with Crippen LogP contribution >= 0.6 is 0 Å². The fourth-order valence-corrected chi connectivity index (χ4v) is 2.14. The molecule has 1 aromatic carbocycles. The van der Waals surface area contributed by atoms with Crippen LogP contribution in [0.25, 0.3) is 10.9 Å². The van der Waals surface area contributed by atoms with E-state index in [1.807, 2.05) is 32.0 Å². The molecule has 5 nitrogen and oxygen atoms in total. The smallest absolute Gasteiger partial charge is 0.249 e. The van der Waals surface area contributed by atoms with Crippen molar-refractivity contribution in [1.29, 1.82) is 0 Å². The number of benzene rings is 1. The Bertz CT molecular complexity index is 651. The molecule has 0 saturated carbocycles. The molecule has 1 amide bonds. The molecule has 2 rings (SSSR count). The summed E-state index contributed by atoms with van der Waals surface area (Å²) in [6.45, 7) is 1.91. The molecule has 0 fully saturated rings. The topological polar surface area (TPSA) is 68.5 Å². The maximum Gasteiger partial charge on any atom is 0.249 e. The lowest BCUT2D eigenvalue weighted by Crippen LogP contribution is -2.16. The summed E-state index contributed by atoms with van der Waals surface area (Å²) < 4.78 is 5.32. The highest BCUT2D eigenvalue weighted by Gasteiger charge is 2.17. The number of carbonyl (C=O) groups is 1. The zero-order valence-corrected chi connectivity index (χ0v) is 11.5. The molecule has 0 saturated heterocycles. The normalized spacial score (nSPS) is 10.5. The zero-order valence-electron chi connectivity index (χ0n) is 11.5. The van der Waals surface area contributed by atoms with Crippen LogP contribution in [0.4, 0.5) is 5.69 Å². The first-order chi connectivity index (χ1) is 8.95. The van der Waals surface area contributed by atoms with E-state index in [1.54, 1.807) is 19.2 Å². The number of rotatable bonds is 3. The molecular weight excluding hydrogens is 242 g/mol. The van der Waals surface area contributed by atoms with Gasteiger partial charge >= 0.3 is 0 Å². The molecule has 2 aromatic rings. The zero-order chi connectivity index (χ0) is 14.2. The minimum Gasteiger partial charge on any atom is -0.494 e. The third-order valence-corrected chi connectivity index (χ3v) is 3.00. The van der Waals surface area contributed by atoms with E-state index in [2.05, 4.69) is 4.98 Å². The van der Waals surface area contributed by atoms with Crippen LogP contribution in [0, 0.1) is 6.92 Å². The van der Waals surface area contributed by atoms with Gasteiger partial charge in [-0.3, -0.25) is 4.79 Å². The van der Waals surface area contributed by atoms with Crippen LogP contribution in [0.1, 0.15) is 16.1 Å². The van der Waals surface area contributed by atoms with E-state index in [1.165, 1.54) is 0 Å². The van der Waals surface area contributed by atoms with Crippen molar-refractivity contribution in [2.24, 2.45) is 5.73 Å². The highest BCUT2D eigenvalue weighted by molar-refractivity contribution is 6.11. The number of anilines is 1. The standard InChI is InChI=1S/C14H17N3O2/c1-8-7-10(17(2)3)12-9(14(15)18)5-6-11(19-4)13(12)16-8/h5-7H,1-4H3,(H2,15,18). The molecule has 1 aromatic heterocycles. The first-order valence-corrected chi connectivity index (χ1v) is 5.91. The van der Waals surface area contributed by atoms with Crippen molar-refractivity contribution in [3.05, 3.63) is 29.5 Å². The van der Waals surface area contributed by atoms with Gasteiger partial charge < -0.3 is 15.4 Å². The summed E-state index contributed by atoms with van der Waals surface area (Å²) in [5, 5.41) is 0.724. The molecule has 0 radical (unpaired) electrons. The summed E-state index contributed by atoms with van der Waals surface area (Å²) in [7, 11) is 5.41. The van der Waals surface area contributed by atoms with Crippen molar-refractivity contribution >= 4 is 22.5 Å². The number of aromatic nitrogens is 1. The third-order valence-electron chi connectivity index (χ3n) is 3.00. The van der Waals surface area contributed by atoms with E-state index in [0.717, 1.165) is 16.8 Å². The predicted molar refractivity (Wildman–Crippen MR) is 75.9 cm³/mol. The molecule has 100 valence electrons. The number of pyridine rings is 1. The summed E-state index contributed by atoms with van der Waals surface area (Å²) in [5.74, 6) is 0.160. The molecule has 0 unspecified atom stereocenters. The van der Waals surface area contributed by atoms with Gasteiger partial charge in [-0.15, -0.1) is 0 Å². The molecule has 0 aliphatic heterocycles. The van der Waals surface area contributed by atoms with Crippen molar-refractivity contribution < 1.29 is 9.53 Å². The Morgan fingerprint density at radius 2 is 2.05 bits per heavy atom. The fourth-order valence-electron chi connectivity index (χ4n) is 2.14. The van der Waals surface area contributed by atoms with Crippen molar-refractivity contribution in [3.63, 3.8) is 0 Å². The number of methoxy groups -OCH3 is 1. The highest BCUT2D eigenvalue weighted by atomic mass is 16.5. The number of carbonyl (C=O) groups excluding carboxylic acids is 1. The van der Waals surface area contributed by atoms with Gasteiger partial charge in [0.05, 0.1) is 12.7 Å². The van der Waals surface area contributed by atoms with Crippen LogP contribution in [0.5, 0.6) is 5.75 Å². The van der Waals surface area contributed by atoms with Gasteiger partial charge in [0.1, 0.15) is 11.3 Å². The maximum atomic E-state index is 11.6. The summed E-state index contributed by atoms with van der Waals surface area (Å²) >= 11 is 0. The van der Waals surface area contributed by atoms with Crippen LogP contribution in [-0.4, -0.2) is 32.1 Å². The number of primary amides is 1. The van der Waals surface area contributed by atoms with Gasteiger partial charge in [0, 0.05) is 30.9 Å². The van der Waals surface area contributed by atoms with Crippen LogP contribution < -0.4 is 15.4 Å². The van der Waals surface area contributed by atoms with Gasteiger partial charge in [-0.1, -0.05) is 0 Å². The quantitative estimate of drug-likeness (QED) is 0.911. The minimum atomic E-state index is -0.471. The third kappa shape index (κ3) is 2.19. The molecule has 0 aliphatic carbocycles. The van der Waals surface area contributed by atoms with Crippen LogP contribution in [0.2, 0.25) is 0 Å². The minimum absolute atomic E-state index is 0.451. The van der Waals surface area contributed by atoms with Crippen LogP contribution in [0.15, 0.2) is 18.2 Å². The Labute approximate surface area is 112 Å². The van der Waals surface area contributed by atoms with E-state index in [4.69, 9.17) is 10.5 Å². The Hall–Kier alpha value is -2.30. The van der Waals surface area contributed by atoms with Gasteiger partial charge in [0.25, 0.3) is 0 Å². The van der Waals surface area contributed by atoms with E-state index >= 15 is 0 Å². The number of amides is 1. The van der Waals surface area contributed by atoms with Crippen molar-refractivity contribution in [3.8, 4) is 5.75 Å². The molecule has 0 aliphatic rings. The summed E-state index contributed by atoms with van der Waals surface area (Å²) in [6.07, 6.45) is 0. The number of aryl methyl sites for hydroxylation is 1. The Kier molecular flexibility index (Phi) is 3.29. The summed E-state index contributed by atoms with van der Waals surface area (Å²) in [6, 6.07) is 5.32. The molecule has 1 heterocycles. The van der Waals surface area contributed by atoms with Crippen molar-refractivity contribution in [1.82, 2.24) is 4.98 Å². The van der Waals surface area contributed by atoms with Crippen LogP contribution in [0.3, 0.4) is 0 Å². The van der Waals surface area contributed by atoms with Gasteiger partial charge in [-0.05, 0) is 25.1 Å².